The summed E-state index contributed by atoms with van der Waals surface area (Å²) in [4.78, 5) is 17.1. The highest BCUT2D eigenvalue weighted by atomic mass is 16.3. The molecule has 0 saturated heterocycles. The van der Waals surface area contributed by atoms with Gasteiger partial charge in [-0.15, -0.1) is 0 Å². The van der Waals surface area contributed by atoms with Gasteiger partial charge in [-0.3, -0.25) is 4.79 Å². The molecule has 1 heterocycles. The monoisotopic (exact) mass is 183 g/mol. The van der Waals surface area contributed by atoms with E-state index in [9.17, 15) is 4.79 Å². The zero-order valence-electron chi connectivity index (χ0n) is 7.66. The van der Waals surface area contributed by atoms with E-state index in [1.807, 2.05) is 13.8 Å². The van der Waals surface area contributed by atoms with Gasteiger partial charge in [0, 0.05) is 6.04 Å². The van der Waals surface area contributed by atoms with Crippen molar-refractivity contribution >= 4 is 0 Å². The van der Waals surface area contributed by atoms with E-state index in [0.717, 1.165) is 6.07 Å². The normalized spacial score (nSPS) is 10.7. The molecule has 3 N–H and O–H groups in total. The van der Waals surface area contributed by atoms with Crippen LogP contribution in [-0.2, 0) is 6.54 Å². The Bertz CT molecular complexity index is 332. The van der Waals surface area contributed by atoms with Crippen molar-refractivity contribution in [3.05, 3.63) is 22.2 Å². The van der Waals surface area contributed by atoms with Crippen LogP contribution in [0.5, 0.6) is 5.88 Å². The smallest absolute Gasteiger partial charge is 0.254 e. The van der Waals surface area contributed by atoms with Crippen LogP contribution in [0.3, 0.4) is 0 Å². The highest BCUT2D eigenvalue weighted by molar-refractivity contribution is 5.06. The molecule has 0 amide bonds. The van der Waals surface area contributed by atoms with E-state index in [2.05, 4.69) is 15.3 Å². The maximum absolute atomic E-state index is 10.9. The van der Waals surface area contributed by atoms with Crippen molar-refractivity contribution in [2.75, 3.05) is 0 Å². The number of H-pyrrole nitrogens is 1. The minimum absolute atomic E-state index is 0.246. The first-order valence-electron chi connectivity index (χ1n) is 4.10. The van der Waals surface area contributed by atoms with Crippen LogP contribution in [0.2, 0.25) is 0 Å². The summed E-state index contributed by atoms with van der Waals surface area (Å²) in [6.45, 7) is 4.42. The fraction of sp³-hybridized carbons (Fsp3) is 0.500. The molecule has 0 fully saturated rings. The number of nitrogens with one attached hydrogen (secondary N) is 2. The molecule has 1 aromatic rings. The maximum atomic E-state index is 10.9. The lowest BCUT2D eigenvalue weighted by atomic mass is 10.4. The molecule has 0 saturated carbocycles. The molecule has 0 atom stereocenters. The van der Waals surface area contributed by atoms with Gasteiger partial charge >= 0.3 is 0 Å². The first-order chi connectivity index (χ1) is 6.08. The van der Waals surface area contributed by atoms with Crippen LogP contribution < -0.4 is 10.9 Å². The molecule has 1 rings (SSSR count). The van der Waals surface area contributed by atoms with E-state index in [4.69, 9.17) is 5.11 Å². The van der Waals surface area contributed by atoms with Crippen LogP contribution in [0.4, 0.5) is 0 Å². The third kappa shape index (κ3) is 3.25. The Morgan fingerprint density at radius 1 is 1.69 bits per heavy atom. The zero-order valence-corrected chi connectivity index (χ0v) is 7.66. The van der Waals surface area contributed by atoms with Gasteiger partial charge in [0.05, 0.1) is 12.6 Å². The van der Waals surface area contributed by atoms with Gasteiger partial charge in [0.2, 0.25) is 5.88 Å². The van der Waals surface area contributed by atoms with Crippen molar-refractivity contribution in [2.24, 2.45) is 0 Å². The highest BCUT2D eigenvalue weighted by Gasteiger charge is 1.99. The lowest BCUT2D eigenvalue weighted by molar-refractivity contribution is 0.444. The topological polar surface area (TPSA) is 78.0 Å². The van der Waals surface area contributed by atoms with Crippen molar-refractivity contribution < 1.29 is 5.11 Å². The minimum atomic E-state index is -0.340. The number of aromatic hydroxyl groups is 1. The van der Waals surface area contributed by atoms with E-state index in [0.29, 0.717) is 18.4 Å². The van der Waals surface area contributed by atoms with Gasteiger partial charge in [-0.1, -0.05) is 13.8 Å². The molecule has 13 heavy (non-hydrogen) atoms. The Morgan fingerprint density at radius 2 is 2.38 bits per heavy atom. The van der Waals surface area contributed by atoms with Crippen LogP contribution in [0, 0.1) is 0 Å². The van der Waals surface area contributed by atoms with E-state index in [-0.39, 0.29) is 11.4 Å². The van der Waals surface area contributed by atoms with Crippen molar-refractivity contribution in [2.45, 2.75) is 26.4 Å². The number of nitrogens with zero attached hydrogens (tertiary/aromatic N) is 1. The lowest BCUT2D eigenvalue weighted by Gasteiger charge is -2.06. The Hall–Kier alpha value is -1.36. The fourth-order valence-electron chi connectivity index (χ4n) is 0.879. The largest absolute Gasteiger partial charge is 0.493 e. The van der Waals surface area contributed by atoms with E-state index in [1.54, 1.807) is 0 Å². The average molecular weight is 183 g/mol. The first kappa shape index (κ1) is 9.73. The van der Waals surface area contributed by atoms with Crippen LogP contribution in [-0.4, -0.2) is 21.1 Å². The van der Waals surface area contributed by atoms with Gasteiger partial charge in [-0.05, 0) is 0 Å². The van der Waals surface area contributed by atoms with Crippen molar-refractivity contribution in [1.29, 1.82) is 0 Å². The minimum Gasteiger partial charge on any atom is -0.493 e. The van der Waals surface area contributed by atoms with Crippen LogP contribution in [0.25, 0.3) is 0 Å². The number of aromatic amines is 1. The van der Waals surface area contributed by atoms with E-state index in [1.165, 1.54) is 0 Å². The maximum Gasteiger partial charge on any atom is 0.254 e. The molecule has 5 heteroatoms. The first-order valence-corrected chi connectivity index (χ1v) is 4.10. The quantitative estimate of drug-likeness (QED) is 0.615. The summed E-state index contributed by atoms with van der Waals surface area (Å²) in [5.41, 5.74) is -0.340. The van der Waals surface area contributed by atoms with Gasteiger partial charge in [0.1, 0.15) is 5.82 Å². The summed E-state index contributed by atoms with van der Waals surface area (Å²) in [6.07, 6.45) is 0. The van der Waals surface area contributed by atoms with Gasteiger partial charge in [0.15, 0.2) is 0 Å². The number of hydrogen-bond acceptors (Lipinski definition) is 4. The summed E-state index contributed by atoms with van der Waals surface area (Å²) >= 11 is 0. The van der Waals surface area contributed by atoms with E-state index >= 15 is 0 Å². The average Bonchev–Trinajstić information content (AvgIpc) is 1.99. The highest BCUT2D eigenvalue weighted by Crippen LogP contribution is 1.97. The molecule has 0 radical (unpaired) electrons. The predicted octanol–water partition coefficient (Wildman–Crippen LogP) is -0.0265. The second-order valence-corrected chi connectivity index (χ2v) is 3.09. The van der Waals surface area contributed by atoms with Gasteiger partial charge in [0.25, 0.3) is 5.56 Å². The third-order valence-corrected chi connectivity index (χ3v) is 1.45. The standard InChI is InChI=1S/C8H13N3O2/c1-5(2)9-4-6-10-7(12)3-8(13)11-6/h3,5,9H,4H2,1-2H3,(H2,10,11,12,13). The fourth-order valence-corrected chi connectivity index (χ4v) is 0.879. The Balaban J connectivity index is 2.72. The van der Waals surface area contributed by atoms with Crippen molar-refractivity contribution in [3.63, 3.8) is 0 Å². The zero-order chi connectivity index (χ0) is 9.84. The van der Waals surface area contributed by atoms with Crippen molar-refractivity contribution in [3.8, 4) is 5.88 Å². The second kappa shape index (κ2) is 4.04. The van der Waals surface area contributed by atoms with Crippen LogP contribution in [0.1, 0.15) is 19.7 Å². The van der Waals surface area contributed by atoms with Gasteiger partial charge < -0.3 is 15.4 Å². The Labute approximate surface area is 75.8 Å². The summed E-state index contributed by atoms with van der Waals surface area (Å²) in [5.74, 6) is 0.197. The summed E-state index contributed by atoms with van der Waals surface area (Å²) in [7, 11) is 0. The second-order valence-electron chi connectivity index (χ2n) is 3.09. The molecule has 5 nitrogen and oxygen atoms in total. The Kier molecular flexibility index (Phi) is 3.02. The summed E-state index contributed by atoms with van der Waals surface area (Å²) < 4.78 is 0. The third-order valence-electron chi connectivity index (χ3n) is 1.45. The molecule has 72 valence electrons. The number of hydrogen-bond donors (Lipinski definition) is 3. The molecule has 0 aliphatic rings. The van der Waals surface area contributed by atoms with Crippen LogP contribution in [0.15, 0.2) is 10.9 Å². The van der Waals surface area contributed by atoms with Gasteiger partial charge in [-0.25, -0.2) is 0 Å². The summed E-state index contributed by atoms with van der Waals surface area (Å²) in [5, 5.41) is 12.1. The number of aromatic nitrogens is 2. The molecule has 0 unspecified atom stereocenters. The van der Waals surface area contributed by atoms with Crippen LogP contribution >= 0.6 is 0 Å². The lowest BCUT2D eigenvalue weighted by Crippen LogP contribution is -2.24. The molecule has 0 aromatic carbocycles. The number of rotatable bonds is 3. The van der Waals surface area contributed by atoms with Crippen molar-refractivity contribution in [1.82, 2.24) is 15.3 Å². The molecule has 0 aliphatic heterocycles. The summed E-state index contributed by atoms with van der Waals surface area (Å²) in [6, 6.07) is 1.35. The Morgan fingerprint density at radius 3 is 2.92 bits per heavy atom. The van der Waals surface area contributed by atoms with Gasteiger partial charge in [-0.2, -0.15) is 4.98 Å². The predicted molar refractivity (Wildman–Crippen MR) is 48.5 cm³/mol. The molecular formula is C8H13N3O2. The SMILES string of the molecule is CC(C)NCc1nc(O)cc(=O)[nH]1. The molecule has 1 aromatic heterocycles. The molecular weight excluding hydrogens is 170 g/mol. The molecule has 0 aliphatic carbocycles. The van der Waals surface area contributed by atoms with E-state index < -0.39 is 0 Å². The molecule has 0 spiro atoms. The molecule has 0 bridgehead atoms.